The third-order valence-corrected chi connectivity index (χ3v) is 4.69. The molecule has 6 nitrogen and oxygen atoms in total. The third kappa shape index (κ3) is 2.89. The van der Waals surface area contributed by atoms with Crippen LogP contribution in [0.1, 0.15) is 6.42 Å². The Hall–Kier alpha value is -1.15. The van der Waals surface area contributed by atoms with Crippen LogP contribution in [-0.2, 0) is 19.6 Å². The van der Waals surface area contributed by atoms with Crippen LogP contribution in [0.2, 0.25) is 5.02 Å². The van der Waals surface area contributed by atoms with Gasteiger partial charge >= 0.3 is 5.97 Å². The van der Waals surface area contributed by atoms with Crippen molar-refractivity contribution in [2.24, 2.45) is 0 Å². The molecule has 0 amide bonds. The maximum atomic E-state index is 12.1. The van der Waals surface area contributed by atoms with Crippen molar-refractivity contribution in [2.45, 2.75) is 16.9 Å². The van der Waals surface area contributed by atoms with Gasteiger partial charge < -0.3 is 9.84 Å². The van der Waals surface area contributed by atoms with Crippen molar-refractivity contribution in [3.63, 3.8) is 0 Å². The number of carbonyl (C=O) groups is 1. The summed E-state index contributed by atoms with van der Waals surface area (Å²) in [7, 11) is -3.93. The second-order valence-electron chi connectivity index (χ2n) is 4.25. The van der Waals surface area contributed by atoms with Crippen molar-refractivity contribution in [3.05, 3.63) is 29.3 Å². The number of rotatable bonds is 4. The minimum absolute atomic E-state index is 0.0376. The lowest BCUT2D eigenvalue weighted by atomic mass is 10.0. The van der Waals surface area contributed by atoms with E-state index in [2.05, 4.69) is 4.72 Å². The zero-order chi connectivity index (χ0) is 14.1. The quantitative estimate of drug-likeness (QED) is 0.861. The molecule has 0 spiro atoms. The van der Waals surface area contributed by atoms with Crippen molar-refractivity contribution < 1.29 is 23.1 Å². The minimum Gasteiger partial charge on any atom is -0.480 e. The van der Waals surface area contributed by atoms with E-state index in [0.717, 1.165) is 0 Å². The summed E-state index contributed by atoms with van der Waals surface area (Å²) in [5.41, 5.74) is -1.60. The van der Waals surface area contributed by atoms with Crippen molar-refractivity contribution in [1.29, 1.82) is 0 Å². The van der Waals surface area contributed by atoms with Gasteiger partial charge in [0, 0.05) is 18.1 Å². The number of carboxylic acid groups (broad SMARTS) is 1. The van der Waals surface area contributed by atoms with Gasteiger partial charge in [-0.25, -0.2) is 8.42 Å². The molecule has 8 heteroatoms. The van der Waals surface area contributed by atoms with E-state index in [9.17, 15) is 18.3 Å². The standard InChI is InChI=1S/C11H12ClNO5S/c12-8-1-3-9(4-2-8)19(16,17)13-11(10(14)15)5-6-18-7-11/h1-4,13H,5-7H2,(H,14,15). The molecule has 2 rings (SSSR count). The van der Waals surface area contributed by atoms with Gasteiger partial charge in [0.2, 0.25) is 10.0 Å². The van der Waals surface area contributed by atoms with Crippen LogP contribution in [0.15, 0.2) is 29.2 Å². The zero-order valence-electron chi connectivity index (χ0n) is 9.80. The highest BCUT2D eigenvalue weighted by Crippen LogP contribution is 2.23. The summed E-state index contributed by atoms with van der Waals surface area (Å²) in [4.78, 5) is 11.2. The average Bonchev–Trinajstić information content (AvgIpc) is 2.78. The molecule has 1 atom stereocenters. The van der Waals surface area contributed by atoms with Gasteiger partial charge in [-0.05, 0) is 24.3 Å². The van der Waals surface area contributed by atoms with E-state index in [1.54, 1.807) is 0 Å². The van der Waals surface area contributed by atoms with Crippen LogP contribution >= 0.6 is 11.6 Å². The molecule has 2 N–H and O–H groups in total. The highest BCUT2D eigenvalue weighted by Gasteiger charge is 2.45. The Morgan fingerprint density at radius 1 is 1.37 bits per heavy atom. The first-order chi connectivity index (χ1) is 8.86. The molecule has 1 saturated heterocycles. The minimum atomic E-state index is -3.93. The molecule has 1 aliphatic rings. The normalized spacial score (nSPS) is 23.4. The Morgan fingerprint density at radius 3 is 2.47 bits per heavy atom. The van der Waals surface area contributed by atoms with Crippen LogP contribution in [-0.4, -0.2) is 38.2 Å². The summed E-state index contributed by atoms with van der Waals surface area (Å²) in [5.74, 6) is -1.25. The first-order valence-corrected chi connectivity index (χ1v) is 7.33. The largest absolute Gasteiger partial charge is 0.480 e. The van der Waals surface area contributed by atoms with E-state index >= 15 is 0 Å². The molecule has 0 aliphatic carbocycles. The number of hydrogen-bond acceptors (Lipinski definition) is 4. The van der Waals surface area contributed by atoms with E-state index in [4.69, 9.17) is 16.3 Å². The SMILES string of the molecule is O=C(O)C1(NS(=O)(=O)c2ccc(Cl)cc2)CCOC1. The second kappa shape index (κ2) is 5.09. The molecule has 0 saturated carbocycles. The number of carboxylic acids is 1. The summed E-state index contributed by atoms with van der Waals surface area (Å²) in [6, 6.07) is 5.48. The van der Waals surface area contributed by atoms with E-state index in [1.807, 2.05) is 0 Å². The molecule has 104 valence electrons. The highest BCUT2D eigenvalue weighted by atomic mass is 35.5. The Morgan fingerprint density at radius 2 is 2.00 bits per heavy atom. The fourth-order valence-corrected chi connectivity index (χ4v) is 3.29. The first-order valence-electron chi connectivity index (χ1n) is 5.46. The lowest BCUT2D eigenvalue weighted by Crippen LogP contribution is -2.54. The van der Waals surface area contributed by atoms with Crippen LogP contribution in [0.25, 0.3) is 0 Å². The number of sulfonamides is 1. The number of nitrogens with one attached hydrogen (secondary N) is 1. The van der Waals surface area contributed by atoms with Crippen molar-refractivity contribution in [1.82, 2.24) is 4.72 Å². The van der Waals surface area contributed by atoms with Gasteiger partial charge in [0.1, 0.15) is 0 Å². The topological polar surface area (TPSA) is 92.7 Å². The monoisotopic (exact) mass is 305 g/mol. The predicted octanol–water partition coefficient (Wildman–Crippen LogP) is 0.862. The molecule has 1 heterocycles. The Labute approximate surface area is 115 Å². The highest BCUT2D eigenvalue weighted by molar-refractivity contribution is 7.89. The molecular formula is C11H12ClNO5S. The maximum absolute atomic E-state index is 12.1. The van der Waals surface area contributed by atoms with Crippen molar-refractivity contribution in [3.8, 4) is 0 Å². The van der Waals surface area contributed by atoms with Crippen LogP contribution < -0.4 is 4.72 Å². The molecule has 0 bridgehead atoms. The predicted molar refractivity (Wildman–Crippen MR) is 67.6 cm³/mol. The van der Waals surface area contributed by atoms with E-state index < -0.39 is 21.5 Å². The molecule has 1 aromatic rings. The van der Waals surface area contributed by atoms with Crippen LogP contribution in [0.5, 0.6) is 0 Å². The maximum Gasteiger partial charge on any atom is 0.327 e. The van der Waals surface area contributed by atoms with Gasteiger partial charge in [-0.3, -0.25) is 4.79 Å². The molecule has 1 aromatic carbocycles. The number of halogens is 1. The molecule has 0 aromatic heterocycles. The second-order valence-corrected chi connectivity index (χ2v) is 6.37. The number of ether oxygens (including phenoxy) is 1. The lowest BCUT2D eigenvalue weighted by molar-refractivity contribution is -0.144. The van der Waals surface area contributed by atoms with Gasteiger partial charge in [-0.1, -0.05) is 11.6 Å². The molecule has 1 aliphatic heterocycles. The number of hydrogen-bond donors (Lipinski definition) is 2. The van der Waals surface area contributed by atoms with Crippen molar-refractivity contribution in [2.75, 3.05) is 13.2 Å². The van der Waals surface area contributed by atoms with Gasteiger partial charge in [-0.2, -0.15) is 4.72 Å². The summed E-state index contributed by atoms with van der Waals surface area (Å²) < 4.78 is 31.5. The zero-order valence-corrected chi connectivity index (χ0v) is 11.4. The smallest absolute Gasteiger partial charge is 0.327 e. The molecule has 1 fully saturated rings. The number of benzene rings is 1. The van der Waals surface area contributed by atoms with E-state index in [0.29, 0.717) is 5.02 Å². The summed E-state index contributed by atoms with van der Waals surface area (Å²) in [6.45, 7) is 0.0184. The third-order valence-electron chi connectivity index (χ3n) is 2.88. The van der Waals surface area contributed by atoms with Gasteiger partial charge in [-0.15, -0.1) is 0 Å². The first kappa shape index (κ1) is 14.3. The average molecular weight is 306 g/mol. The van der Waals surface area contributed by atoms with Gasteiger partial charge in [0.25, 0.3) is 0 Å². The summed E-state index contributed by atoms with van der Waals surface area (Å²) in [6.07, 6.45) is 0.0924. The van der Waals surface area contributed by atoms with Crippen molar-refractivity contribution >= 4 is 27.6 Å². The Bertz CT molecular complexity index is 578. The fourth-order valence-electron chi connectivity index (χ4n) is 1.79. The summed E-state index contributed by atoms with van der Waals surface area (Å²) >= 11 is 5.68. The Balaban J connectivity index is 2.30. The van der Waals surface area contributed by atoms with Crippen LogP contribution in [0.4, 0.5) is 0 Å². The molecule has 19 heavy (non-hydrogen) atoms. The van der Waals surface area contributed by atoms with Gasteiger partial charge in [0.15, 0.2) is 5.54 Å². The lowest BCUT2D eigenvalue weighted by Gasteiger charge is -2.23. The molecule has 0 radical (unpaired) electrons. The molecular weight excluding hydrogens is 294 g/mol. The van der Waals surface area contributed by atoms with Gasteiger partial charge in [0.05, 0.1) is 11.5 Å². The van der Waals surface area contributed by atoms with Crippen LogP contribution in [0.3, 0.4) is 0 Å². The molecule has 1 unspecified atom stereocenters. The number of aliphatic carboxylic acids is 1. The Kier molecular flexibility index (Phi) is 3.82. The van der Waals surface area contributed by atoms with Crippen LogP contribution in [0, 0.1) is 0 Å². The fraction of sp³-hybridized carbons (Fsp3) is 0.364. The van der Waals surface area contributed by atoms with E-state index in [1.165, 1.54) is 24.3 Å². The summed E-state index contributed by atoms with van der Waals surface area (Å²) in [5, 5.41) is 9.59. The van der Waals surface area contributed by atoms with E-state index in [-0.39, 0.29) is 24.5 Å².